The van der Waals surface area contributed by atoms with Gasteiger partial charge in [-0.1, -0.05) is 299 Å². The monoisotopic (exact) mass is 1320 g/mol. The van der Waals surface area contributed by atoms with Crippen LogP contribution in [0.5, 0.6) is 0 Å². The molecule has 0 fully saturated rings. The molecule has 0 saturated carbocycles. The number of esters is 4. The number of carbonyl (C=O) groups is 4. The average molecular weight is 1330 g/mol. The van der Waals surface area contributed by atoms with Crippen LogP contribution in [0, 0.1) is 23.7 Å². The van der Waals surface area contributed by atoms with Gasteiger partial charge >= 0.3 is 39.5 Å². The van der Waals surface area contributed by atoms with Crippen LogP contribution in [0.15, 0.2) is 0 Å². The summed E-state index contributed by atoms with van der Waals surface area (Å²) < 4.78 is 68.3. The molecule has 534 valence electrons. The van der Waals surface area contributed by atoms with Crippen LogP contribution in [-0.2, 0) is 65.4 Å². The summed E-state index contributed by atoms with van der Waals surface area (Å²) in [7, 11) is -9.90. The minimum atomic E-state index is -4.95. The molecule has 17 nitrogen and oxygen atoms in total. The average Bonchev–Trinajstić information content (AvgIpc) is 3.00. The molecule has 0 radical (unpaired) electrons. The third-order valence-electron chi connectivity index (χ3n) is 16.7. The van der Waals surface area contributed by atoms with Crippen LogP contribution >= 0.6 is 15.6 Å². The summed E-state index contributed by atoms with van der Waals surface area (Å²) in [5.74, 6) is 0.888. The van der Waals surface area contributed by atoms with Crippen molar-refractivity contribution < 1.29 is 80.2 Å². The first-order valence-electron chi connectivity index (χ1n) is 36.7. The smallest absolute Gasteiger partial charge is 0.462 e. The van der Waals surface area contributed by atoms with Gasteiger partial charge in [-0.05, 0) is 49.4 Å². The van der Waals surface area contributed by atoms with Gasteiger partial charge in [0, 0.05) is 25.7 Å². The molecular weight excluding hydrogens is 1190 g/mol. The number of ether oxygens (including phenoxy) is 4. The van der Waals surface area contributed by atoms with E-state index in [1.54, 1.807) is 0 Å². The van der Waals surface area contributed by atoms with Gasteiger partial charge in [-0.2, -0.15) is 0 Å². The molecule has 0 saturated heterocycles. The van der Waals surface area contributed by atoms with Gasteiger partial charge < -0.3 is 33.8 Å². The van der Waals surface area contributed by atoms with E-state index in [2.05, 4.69) is 55.4 Å². The molecule has 0 aromatic heterocycles. The maximum Gasteiger partial charge on any atom is 0.472 e. The number of hydrogen-bond acceptors (Lipinski definition) is 15. The highest BCUT2D eigenvalue weighted by Crippen LogP contribution is 2.45. The Morgan fingerprint density at radius 2 is 0.533 bits per heavy atom. The highest BCUT2D eigenvalue weighted by Gasteiger charge is 2.30. The summed E-state index contributed by atoms with van der Waals surface area (Å²) in [5, 5.41) is 10.6. The Kier molecular flexibility index (Phi) is 59.4. The van der Waals surface area contributed by atoms with Crippen LogP contribution in [0.3, 0.4) is 0 Å². The number of phosphoric acid groups is 2. The molecule has 19 heteroatoms. The first-order valence-corrected chi connectivity index (χ1v) is 39.7. The zero-order valence-corrected chi connectivity index (χ0v) is 60.6. The summed E-state index contributed by atoms with van der Waals surface area (Å²) in [6.07, 6.45) is 43.0. The largest absolute Gasteiger partial charge is 0.472 e. The molecule has 4 unspecified atom stereocenters. The van der Waals surface area contributed by atoms with Gasteiger partial charge in [0.15, 0.2) is 12.2 Å². The van der Waals surface area contributed by atoms with E-state index < -0.39 is 97.5 Å². The Bertz CT molecular complexity index is 1780. The molecule has 0 aliphatic rings. The quantitative estimate of drug-likeness (QED) is 0.0222. The fraction of sp³-hybridized carbons (Fsp3) is 0.944. The molecule has 0 aliphatic heterocycles. The lowest BCUT2D eigenvalue weighted by atomic mass is 9.99. The second-order valence-electron chi connectivity index (χ2n) is 27.3. The Labute approximate surface area is 549 Å². The van der Waals surface area contributed by atoms with E-state index >= 15 is 0 Å². The normalized spacial score (nSPS) is 14.6. The Morgan fingerprint density at radius 1 is 0.311 bits per heavy atom. The molecule has 0 aromatic rings. The van der Waals surface area contributed by atoms with Crippen LogP contribution in [0.1, 0.15) is 351 Å². The van der Waals surface area contributed by atoms with Crippen LogP contribution in [0.2, 0.25) is 0 Å². The summed E-state index contributed by atoms with van der Waals surface area (Å²) in [6, 6.07) is 0. The van der Waals surface area contributed by atoms with Gasteiger partial charge in [0.1, 0.15) is 19.3 Å². The molecule has 0 amide bonds. The molecule has 0 aliphatic carbocycles. The van der Waals surface area contributed by atoms with E-state index in [1.807, 2.05) is 0 Å². The number of aliphatic hydroxyl groups excluding tert-OH is 1. The SMILES string of the molecule is CCC(C)CCCCCCCCCCCCC(=O)OC[C@H](COP(=O)(O)OCC(O)COP(=O)(O)OC[C@@H](COC(=O)CCCCCCCCCC(C)C)OC(=O)CCCCCCCCCCCCCC(C)C)OC(=O)CCCCCCCCCCCC(C)C. The van der Waals surface area contributed by atoms with E-state index in [4.69, 9.17) is 37.0 Å². The van der Waals surface area contributed by atoms with Crippen molar-refractivity contribution in [3.8, 4) is 0 Å². The lowest BCUT2D eigenvalue weighted by molar-refractivity contribution is -0.161. The molecule has 0 rings (SSSR count). The third kappa shape index (κ3) is 63.5. The zero-order valence-electron chi connectivity index (χ0n) is 58.8. The maximum absolute atomic E-state index is 13.0. The molecule has 0 spiro atoms. The fourth-order valence-electron chi connectivity index (χ4n) is 10.6. The Balaban J connectivity index is 5.26. The molecule has 6 atom stereocenters. The van der Waals surface area contributed by atoms with E-state index in [9.17, 15) is 43.2 Å². The van der Waals surface area contributed by atoms with E-state index in [1.165, 1.54) is 148 Å². The lowest BCUT2D eigenvalue weighted by Crippen LogP contribution is -2.30. The number of rotatable bonds is 68. The molecule has 90 heavy (non-hydrogen) atoms. The van der Waals surface area contributed by atoms with Crippen LogP contribution < -0.4 is 0 Å². The standard InChI is InChI=1S/C71H138O17P2/c1-9-64(8)50-42-34-26-18-13-14-19-27-35-43-51-68(73)81-57-66(88-71(76)54-46-38-29-21-15-17-24-32-40-48-62(4)5)59-85-89(77,78)83-55-65(72)56-84-90(79,80)86-60-67(58-82-69(74)52-44-36-30-22-25-33-41-49-63(6)7)87-70(75)53-45-37-28-20-12-10-11-16-23-31-39-47-61(2)3/h61-67,72H,9-60H2,1-8H3,(H,77,78)(H,79,80)/t64?,65?,66-,67-/m1/s1. The fourth-order valence-corrected chi connectivity index (χ4v) is 12.2. The van der Waals surface area contributed by atoms with E-state index in [0.29, 0.717) is 31.6 Å². The van der Waals surface area contributed by atoms with Crippen molar-refractivity contribution in [2.24, 2.45) is 23.7 Å². The minimum Gasteiger partial charge on any atom is -0.462 e. The Hall–Kier alpha value is -1.94. The van der Waals surface area contributed by atoms with E-state index in [-0.39, 0.29) is 25.7 Å². The van der Waals surface area contributed by atoms with Crippen LogP contribution in [0.4, 0.5) is 0 Å². The topological polar surface area (TPSA) is 237 Å². The van der Waals surface area contributed by atoms with Gasteiger partial charge in [0.2, 0.25) is 0 Å². The zero-order chi connectivity index (χ0) is 66.8. The van der Waals surface area contributed by atoms with Crippen molar-refractivity contribution in [2.45, 2.75) is 369 Å². The number of aliphatic hydroxyl groups is 1. The number of phosphoric ester groups is 2. The van der Waals surface area contributed by atoms with Gasteiger partial charge in [0.25, 0.3) is 0 Å². The van der Waals surface area contributed by atoms with Crippen LogP contribution in [0.25, 0.3) is 0 Å². The van der Waals surface area contributed by atoms with Gasteiger partial charge in [-0.3, -0.25) is 37.3 Å². The molecular formula is C71H138O17P2. The molecule has 0 bridgehead atoms. The first-order chi connectivity index (χ1) is 43.1. The minimum absolute atomic E-state index is 0.105. The summed E-state index contributed by atoms with van der Waals surface area (Å²) >= 11 is 0. The highest BCUT2D eigenvalue weighted by atomic mass is 31.2. The predicted octanol–water partition coefficient (Wildman–Crippen LogP) is 20.1. The van der Waals surface area contributed by atoms with Crippen molar-refractivity contribution in [2.75, 3.05) is 39.6 Å². The predicted molar refractivity (Wildman–Crippen MR) is 363 cm³/mol. The third-order valence-corrected chi connectivity index (χ3v) is 18.6. The van der Waals surface area contributed by atoms with Crippen molar-refractivity contribution in [1.82, 2.24) is 0 Å². The van der Waals surface area contributed by atoms with Gasteiger partial charge in [0.05, 0.1) is 26.4 Å². The first kappa shape index (κ1) is 88.1. The van der Waals surface area contributed by atoms with Crippen molar-refractivity contribution in [3.63, 3.8) is 0 Å². The lowest BCUT2D eigenvalue weighted by Gasteiger charge is -2.21. The van der Waals surface area contributed by atoms with Crippen molar-refractivity contribution >= 4 is 39.5 Å². The summed E-state index contributed by atoms with van der Waals surface area (Å²) in [5.41, 5.74) is 0. The maximum atomic E-state index is 13.0. The second-order valence-corrected chi connectivity index (χ2v) is 30.2. The van der Waals surface area contributed by atoms with Gasteiger partial charge in [-0.25, -0.2) is 9.13 Å². The molecule has 0 aromatic carbocycles. The second kappa shape index (κ2) is 60.7. The Morgan fingerprint density at radius 3 is 0.789 bits per heavy atom. The molecule has 3 N–H and O–H groups in total. The molecule has 0 heterocycles. The highest BCUT2D eigenvalue weighted by molar-refractivity contribution is 7.47. The number of hydrogen-bond donors (Lipinski definition) is 3. The number of unbranched alkanes of at least 4 members (excludes halogenated alkanes) is 33. The van der Waals surface area contributed by atoms with Gasteiger partial charge in [-0.15, -0.1) is 0 Å². The van der Waals surface area contributed by atoms with Crippen molar-refractivity contribution in [1.29, 1.82) is 0 Å². The van der Waals surface area contributed by atoms with Crippen molar-refractivity contribution in [3.05, 3.63) is 0 Å². The number of carbonyl (C=O) groups excluding carboxylic acids is 4. The summed E-state index contributed by atoms with van der Waals surface area (Å²) in [6.45, 7) is 14.1. The van der Waals surface area contributed by atoms with Crippen LogP contribution in [-0.4, -0.2) is 96.7 Å². The summed E-state index contributed by atoms with van der Waals surface area (Å²) in [4.78, 5) is 72.6. The van der Waals surface area contributed by atoms with E-state index in [0.717, 1.165) is 114 Å².